The van der Waals surface area contributed by atoms with E-state index in [2.05, 4.69) is 10.6 Å². The van der Waals surface area contributed by atoms with Gasteiger partial charge < -0.3 is 15.7 Å². The van der Waals surface area contributed by atoms with Crippen LogP contribution in [-0.2, 0) is 16.0 Å². The normalized spacial score (nSPS) is 20.1. The smallest absolute Gasteiger partial charge is 0.326 e. The monoisotopic (exact) mass is 276 g/mol. The number of amides is 1. The number of aliphatic carboxylic acids is 1. The molecule has 1 heterocycles. The van der Waals surface area contributed by atoms with Crippen molar-refractivity contribution in [1.82, 2.24) is 10.6 Å². The third-order valence-corrected chi connectivity index (χ3v) is 3.56. The second-order valence-corrected chi connectivity index (χ2v) is 5.13. The summed E-state index contributed by atoms with van der Waals surface area (Å²) in [4.78, 5) is 23.4. The Morgan fingerprint density at radius 2 is 2.10 bits per heavy atom. The molecule has 3 N–H and O–H groups in total. The summed E-state index contributed by atoms with van der Waals surface area (Å²) in [5.74, 6) is -1.28. The van der Waals surface area contributed by atoms with Crippen LogP contribution in [0.4, 0.5) is 0 Å². The highest BCUT2D eigenvalue weighted by atomic mass is 16.4. The number of carbonyl (C=O) groups excluding carboxylic acids is 1. The molecule has 0 spiro atoms. The van der Waals surface area contributed by atoms with Gasteiger partial charge in [0.1, 0.15) is 6.04 Å². The Labute approximate surface area is 118 Å². The van der Waals surface area contributed by atoms with Crippen LogP contribution in [0.15, 0.2) is 30.3 Å². The Kier molecular flexibility index (Phi) is 5.12. The Morgan fingerprint density at radius 3 is 2.70 bits per heavy atom. The summed E-state index contributed by atoms with van der Waals surface area (Å²) in [5.41, 5.74) is 0.905. The fourth-order valence-electron chi connectivity index (χ4n) is 2.42. The molecular formula is C15H20N2O3. The van der Waals surface area contributed by atoms with Crippen molar-refractivity contribution in [2.45, 2.75) is 25.3 Å². The average Bonchev–Trinajstić information content (AvgIpc) is 2.48. The molecule has 5 nitrogen and oxygen atoms in total. The average molecular weight is 276 g/mol. The number of carboxylic acids is 1. The maximum absolute atomic E-state index is 12.1. The molecule has 1 aliphatic rings. The fourth-order valence-corrected chi connectivity index (χ4v) is 2.42. The van der Waals surface area contributed by atoms with Gasteiger partial charge in [-0.05, 0) is 24.9 Å². The van der Waals surface area contributed by atoms with E-state index in [1.54, 1.807) is 0 Å². The van der Waals surface area contributed by atoms with Gasteiger partial charge in [0.25, 0.3) is 0 Å². The van der Waals surface area contributed by atoms with Crippen LogP contribution < -0.4 is 10.6 Å². The lowest BCUT2D eigenvalue weighted by atomic mass is 9.97. The molecule has 1 saturated heterocycles. The van der Waals surface area contributed by atoms with Gasteiger partial charge in [-0.25, -0.2) is 4.79 Å². The number of piperidine rings is 1. The van der Waals surface area contributed by atoms with Gasteiger partial charge in [-0.15, -0.1) is 0 Å². The van der Waals surface area contributed by atoms with Gasteiger partial charge in [0.2, 0.25) is 5.91 Å². The summed E-state index contributed by atoms with van der Waals surface area (Å²) in [6.45, 7) is 1.56. The van der Waals surface area contributed by atoms with Crippen molar-refractivity contribution >= 4 is 11.9 Å². The molecule has 108 valence electrons. The van der Waals surface area contributed by atoms with Gasteiger partial charge in [-0.2, -0.15) is 0 Å². The highest BCUT2D eigenvalue weighted by Crippen LogP contribution is 2.11. The van der Waals surface area contributed by atoms with Crippen molar-refractivity contribution in [2.24, 2.45) is 5.92 Å². The second-order valence-electron chi connectivity index (χ2n) is 5.13. The van der Waals surface area contributed by atoms with Gasteiger partial charge >= 0.3 is 5.97 Å². The molecule has 2 atom stereocenters. The number of carboxylic acid groups (broad SMARTS) is 1. The number of benzene rings is 1. The minimum atomic E-state index is -0.994. The molecule has 0 radical (unpaired) electrons. The molecule has 1 aliphatic heterocycles. The third-order valence-electron chi connectivity index (χ3n) is 3.56. The van der Waals surface area contributed by atoms with E-state index in [1.165, 1.54) is 0 Å². The zero-order valence-corrected chi connectivity index (χ0v) is 11.3. The first-order valence-electron chi connectivity index (χ1n) is 6.94. The molecule has 1 fully saturated rings. The summed E-state index contributed by atoms with van der Waals surface area (Å²) in [6.07, 6.45) is 2.08. The fraction of sp³-hybridized carbons (Fsp3) is 0.467. The molecule has 1 unspecified atom stereocenters. The predicted octanol–water partition coefficient (Wildman–Crippen LogP) is 0.798. The van der Waals surface area contributed by atoms with Gasteiger partial charge in [0.05, 0.1) is 5.92 Å². The lowest BCUT2D eigenvalue weighted by Gasteiger charge is -2.24. The molecule has 0 saturated carbocycles. The van der Waals surface area contributed by atoms with Crippen LogP contribution >= 0.6 is 0 Å². The van der Waals surface area contributed by atoms with E-state index >= 15 is 0 Å². The van der Waals surface area contributed by atoms with Crippen LogP contribution in [0.5, 0.6) is 0 Å². The van der Waals surface area contributed by atoms with E-state index in [1.807, 2.05) is 30.3 Å². The minimum Gasteiger partial charge on any atom is -0.480 e. The van der Waals surface area contributed by atoms with E-state index in [4.69, 9.17) is 0 Å². The molecule has 0 aliphatic carbocycles. The topological polar surface area (TPSA) is 78.4 Å². The van der Waals surface area contributed by atoms with Crippen LogP contribution in [0.1, 0.15) is 18.4 Å². The maximum atomic E-state index is 12.1. The first-order chi connectivity index (χ1) is 9.66. The number of carbonyl (C=O) groups is 2. The van der Waals surface area contributed by atoms with E-state index in [0.29, 0.717) is 13.0 Å². The van der Waals surface area contributed by atoms with Crippen molar-refractivity contribution in [3.05, 3.63) is 35.9 Å². The number of hydrogen-bond acceptors (Lipinski definition) is 3. The van der Waals surface area contributed by atoms with Gasteiger partial charge in [0.15, 0.2) is 0 Å². The van der Waals surface area contributed by atoms with Crippen molar-refractivity contribution in [1.29, 1.82) is 0 Å². The predicted molar refractivity (Wildman–Crippen MR) is 75.3 cm³/mol. The lowest BCUT2D eigenvalue weighted by Crippen LogP contribution is -2.48. The largest absolute Gasteiger partial charge is 0.480 e. The van der Waals surface area contributed by atoms with E-state index in [-0.39, 0.29) is 11.8 Å². The zero-order chi connectivity index (χ0) is 14.4. The molecule has 0 aromatic heterocycles. The van der Waals surface area contributed by atoms with Gasteiger partial charge in [-0.1, -0.05) is 30.3 Å². The Bertz CT molecular complexity index is 455. The van der Waals surface area contributed by atoms with Crippen LogP contribution in [-0.4, -0.2) is 36.1 Å². The first-order valence-corrected chi connectivity index (χ1v) is 6.94. The highest BCUT2D eigenvalue weighted by Gasteiger charge is 2.26. The molecule has 5 heteroatoms. The standard InChI is InChI=1S/C15H20N2O3/c18-14(12-7-4-8-16-10-12)17-13(15(19)20)9-11-5-2-1-3-6-11/h1-3,5-6,12-13,16H,4,7-10H2,(H,17,18)(H,19,20)/t12-,13?/m0/s1. The summed E-state index contributed by atoms with van der Waals surface area (Å²) in [6, 6.07) is 8.47. The van der Waals surface area contributed by atoms with Crippen LogP contribution in [0.2, 0.25) is 0 Å². The second kappa shape index (κ2) is 7.05. The number of hydrogen-bond donors (Lipinski definition) is 3. The first kappa shape index (κ1) is 14.5. The molecule has 0 bridgehead atoms. The Hall–Kier alpha value is -1.88. The Balaban J connectivity index is 1.95. The molecule has 20 heavy (non-hydrogen) atoms. The zero-order valence-electron chi connectivity index (χ0n) is 11.3. The summed E-state index contributed by atoms with van der Waals surface area (Å²) < 4.78 is 0. The highest BCUT2D eigenvalue weighted by molar-refractivity contribution is 5.85. The molecule has 1 aromatic rings. The molecular weight excluding hydrogens is 256 g/mol. The summed E-state index contributed by atoms with van der Waals surface area (Å²) in [5, 5.41) is 15.1. The number of nitrogens with one attached hydrogen (secondary N) is 2. The Morgan fingerprint density at radius 1 is 1.35 bits per heavy atom. The van der Waals surface area contributed by atoms with Crippen molar-refractivity contribution in [2.75, 3.05) is 13.1 Å². The van der Waals surface area contributed by atoms with Crippen molar-refractivity contribution in [3.63, 3.8) is 0 Å². The van der Waals surface area contributed by atoms with Crippen LogP contribution in [0.3, 0.4) is 0 Å². The van der Waals surface area contributed by atoms with Crippen molar-refractivity contribution in [3.8, 4) is 0 Å². The maximum Gasteiger partial charge on any atom is 0.326 e. The van der Waals surface area contributed by atoms with Gasteiger partial charge in [0, 0.05) is 13.0 Å². The van der Waals surface area contributed by atoms with E-state index in [0.717, 1.165) is 24.9 Å². The van der Waals surface area contributed by atoms with Gasteiger partial charge in [-0.3, -0.25) is 4.79 Å². The summed E-state index contributed by atoms with van der Waals surface area (Å²) in [7, 11) is 0. The van der Waals surface area contributed by atoms with Crippen LogP contribution in [0.25, 0.3) is 0 Å². The quantitative estimate of drug-likeness (QED) is 0.743. The van der Waals surface area contributed by atoms with E-state index in [9.17, 15) is 14.7 Å². The molecule has 1 aromatic carbocycles. The van der Waals surface area contributed by atoms with Crippen molar-refractivity contribution < 1.29 is 14.7 Å². The number of rotatable bonds is 5. The van der Waals surface area contributed by atoms with E-state index < -0.39 is 12.0 Å². The molecule has 1 amide bonds. The SMILES string of the molecule is O=C(O)C(Cc1ccccc1)NC(=O)[C@H]1CCCNC1. The third kappa shape index (κ3) is 4.06. The lowest BCUT2D eigenvalue weighted by molar-refractivity contribution is -0.142. The molecule has 2 rings (SSSR count). The minimum absolute atomic E-state index is 0.124. The van der Waals surface area contributed by atoms with Crippen LogP contribution in [0, 0.1) is 5.92 Å². The summed E-state index contributed by atoms with van der Waals surface area (Å²) >= 11 is 0.